The summed E-state index contributed by atoms with van der Waals surface area (Å²) in [6.45, 7) is 0. The van der Waals surface area contributed by atoms with Gasteiger partial charge in [0.1, 0.15) is 5.52 Å². The first-order valence-corrected chi connectivity index (χ1v) is 10.8. The van der Waals surface area contributed by atoms with Crippen LogP contribution in [0.25, 0.3) is 21.8 Å². The van der Waals surface area contributed by atoms with Crippen molar-refractivity contribution >= 4 is 61.7 Å². The Bertz CT molecular complexity index is 1280. The second-order valence-corrected chi connectivity index (χ2v) is 8.67. The number of hydrogen-bond donors (Lipinski definition) is 0. The number of rotatable bonds is 4. The molecule has 0 amide bonds. The molecular weight excluding hydrogens is 418 g/mol. The molecule has 1 unspecified atom stereocenters. The number of nitrogens with zero attached hydrogens (tertiary/aromatic N) is 3. The Balaban J connectivity index is 1.92. The van der Waals surface area contributed by atoms with Gasteiger partial charge < -0.3 is 0 Å². The van der Waals surface area contributed by atoms with Crippen molar-refractivity contribution in [3.63, 3.8) is 0 Å². The number of para-hydroxylation sites is 2. The van der Waals surface area contributed by atoms with Crippen molar-refractivity contribution in [1.82, 2.24) is 9.97 Å². The molecule has 28 heavy (non-hydrogen) atoms. The molecule has 0 aliphatic heterocycles. The lowest BCUT2D eigenvalue weighted by atomic mass is 10.2. The maximum absolute atomic E-state index is 12.3. The molecule has 9 heteroatoms. The van der Waals surface area contributed by atoms with Crippen LogP contribution < -0.4 is 0 Å². The van der Waals surface area contributed by atoms with Crippen molar-refractivity contribution in [2.45, 2.75) is 14.7 Å². The topological polar surface area (TPSA) is 86.0 Å². The minimum absolute atomic E-state index is 0.0966. The van der Waals surface area contributed by atoms with Gasteiger partial charge in [-0.1, -0.05) is 53.7 Å². The number of non-ortho nitro benzene ring substituents is 1. The van der Waals surface area contributed by atoms with Crippen LogP contribution in [0.2, 0.25) is 5.02 Å². The van der Waals surface area contributed by atoms with Crippen molar-refractivity contribution in [2.75, 3.05) is 6.26 Å². The summed E-state index contributed by atoms with van der Waals surface area (Å²) in [4.78, 5) is 21.4. The van der Waals surface area contributed by atoms with E-state index in [0.717, 1.165) is 15.8 Å². The van der Waals surface area contributed by atoms with Crippen molar-refractivity contribution in [2.24, 2.45) is 0 Å². The Morgan fingerprint density at radius 2 is 1.82 bits per heavy atom. The number of halogens is 1. The summed E-state index contributed by atoms with van der Waals surface area (Å²) >= 11 is 7.91. The lowest BCUT2D eigenvalue weighted by Gasteiger charge is -2.12. The number of pyridine rings is 2. The molecule has 4 aromatic rings. The predicted octanol–water partition coefficient (Wildman–Crippen LogP) is 5.23. The van der Waals surface area contributed by atoms with Crippen LogP contribution in [0, 0.1) is 10.1 Å². The summed E-state index contributed by atoms with van der Waals surface area (Å²) in [6.07, 6.45) is 4.72. The van der Waals surface area contributed by atoms with Crippen LogP contribution in [0.15, 0.2) is 69.5 Å². The Hall–Kier alpha value is -2.55. The highest BCUT2D eigenvalue weighted by atomic mass is 35.5. The number of hydrogen-bond acceptors (Lipinski definition) is 6. The molecular formula is C19H12ClN3O3S2. The molecule has 0 fully saturated rings. The average molecular weight is 430 g/mol. The van der Waals surface area contributed by atoms with Gasteiger partial charge in [-0.25, -0.2) is 4.98 Å². The maximum Gasteiger partial charge on any atom is 0.295 e. The highest BCUT2D eigenvalue weighted by molar-refractivity contribution is 8.00. The molecule has 0 N–H and O–H groups in total. The summed E-state index contributed by atoms with van der Waals surface area (Å²) < 4.78 is 12.3. The lowest BCUT2D eigenvalue weighted by molar-refractivity contribution is -0.383. The fourth-order valence-electron chi connectivity index (χ4n) is 2.89. The van der Waals surface area contributed by atoms with Gasteiger partial charge in [0.25, 0.3) is 5.69 Å². The highest BCUT2D eigenvalue weighted by Crippen LogP contribution is 2.42. The van der Waals surface area contributed by atoms with Crippen molar-refractivity contribution in [3.8, 4) is 0 Å². The van der Waals surface area contributed by atoms with Crippen molar-refractivity contribution in [3.05, 3.63) is 70.0 Å². The van der Waals surface area contributed by atoms with E-state index in [1.807, 2.05) is 24.3 Å². The zero-order chi connectivity index (χ0) is 19.8. The second-order valence-electron chi connectivity index (χ2n) is 5.89. The van der Waals surface area contributed by atoms with E-state index in [1.54, 1.807) is 24.6 Å². The molecule has 2 aromatic heterocycles. The van der Waals surface area contributed by atoms with Crippen LogP contribution in [-0.2, 0) is 10.8 Å². The molecule has 2 heterocycles. The first kappa shape index (κ1) is 18.8. The Kier molecular flexibility index (Phi) is 5.01. The van der Waals surface area contributed by atoms with E-state index < -0.39 is 15.7 Å². The molecule has 0 aliphatic rings. The molecule has 6 nitrogen and oxygen atoms in total. The van der Waals surface area contributed by atoms with Gasteiger partial charge in [-0.15, -0.1) is 0 Å². The summed E-state index contributed by atoms with van der Waals surface area (Å²) in [6, 6.07) is 12.2. The van der Waals surface area contributed by atoms with E-state index >= 15 is 0 Å². The molecule has 0 aliphatic carbocycles. The SMILES string of the molecule is CS(=O)c1cnc2ccccc2c1Sc1cnc2c([N+](=O)[O-])cccc2c1Cl. The average Bonchev–Trinajstić information content (AvgIpc) is 2.69. The summed E-state index contributed by atoms with van der Waals surface area (Å²) in [5, 5.41) is 13.0. The summed E-state index contributed by atoms with van der Waals surface area (Å²) in [7, 11) is -1.25. The van der Waals surface area contributed by atoms with Gasteiger partial charge >= 0.3 is 0 Å². The van der Waals surface area contributed by atoms with Crippen LogP contribution in [0.1, 0.15) is 0 Å². The van der Waals surface area contributed by atoms with E-state index in [4.69, 9.17) is 11.6 Å². The van der Waals surface area contributed by atoms with E-state index in [-0.39, 0.29) is 11.2 Å². The second kappa shape index (κ2) is 7.46. The van der Waals surface area contributed by atoms with Crippen LogP contribution in [0.3, 0.4) is 0 Å². The van der Waals surface area contributed by atoms with Crippen molar-refractivity contribution < 1.29 is 9.13 Å². The Morgan fingerprint density at radius 1 is 1.07 bits per heavy atom. The summed E-state index contributed by atoms with van der Waals surface area (Å²) in [5.41, 5.74) is 0.918. The van der Waals surface area contributed by atoms with Crippen LogP contribution in [0.5, 0.6) is 0 Å². The quantitative estimate of drug-likeness (QED) is 0.326. The molecule has 2 aromatic carbocycles. The third-order valence-electron chi connectivity index (χ3n) is 4.19. The van der Waals surface area contributed by atoms with Gasteiger partial charge in [-0.3, -0.25) is 19.3 Å². The smallest absolute Gasteiger partial charge is 0.258 e. The van der Waals surface area contributed by atoms with Crippen LogP contribution in [0.4, 0.5) is 5.69 Å². The third kappa shape index (κ3) is 3.23. The predicted molar refractivity (Wildman–Crippen MR) is 112 cm³/mol. The van der Waals surface area contributed by atoms with Crippen LogP contribution in [-0.4, -0.2) is 25.4 Å². The molecule has 0 radical (unpaired) electrons. The monoisotopic (exact) mass is 429 g/mol. The highest BCUT2D eigenvalue weighted by Gasteiger charge is 2.19. The minimum Gasteiger partial charge on any atom is -0.258 e. The Labute approximate surface area is 171 Å². The van der Waals surface area contributed by atoms with Gasteiger partial charge in [-0.05, 0) is 6.07 Å². The van der Waals surface area contributed by atoms with Gasteiger partial charge in [0.15, 0.2) is 0 Å². The lowest BCUT2D eigenvalue weighted by Crippen LogP contribution is -1.96. The van der Waals surface area contributed by atoms with Gasteiger partial charge in [0.2, 0.25) is 0 Å². The zero-order valence-electron chi connectivity index (χ0n) is 14.5. The van der Waals surface area contributed by atoms with E-state index in [2.05, 4.69) is 9.97 Å². The normalized spacial score (nSPS) is 12.4. The minimum atomic E-state index is -1.25. The zero-order valence-corrected chi connectivity index (χ0v) is 16.8. The largest absolute Gasteiger partial charge is 0.295 e. The number of nitro groups is 1. The van der Waals surface area contributed by atoms with E-state index in [0.29, 0.717) is 20.2 Å². The molecule has 4 rings (SSSR count). The number of aromatic nitrogens is 2. The van der Waals surface area contributed by atoms with Crippen molar-refractivity contribution in [1.29, 1.82) is 0 Å². The maximum atomic E-state index is 12.3. The van der Waals surface area contributed by atoms with Gasteiger partial charge in [-0.2, -0.15) is 0 Å². The molecule has 0 saturated carbocycles. The number of nitro benzene ring substituents is 1. The van der Waals surface area contributed by atoms with E-state index in [1.165, 1.54) is 24.0 Å². The fraction of sp³-hybridized carbons (Fsp3) is 0.0526. The Morgan fingerprint density at radius 3 is 2.57 bits per heavy atom. The van der Waals surface area contributed by atoms with Crippen LogP contribution >= 0.6 is 23.4 Å². The number of fused-ring (bicyclic) bond motifs is 2. The molecule has 0 spiro atoms. The fourth-order valence-corrected chi connectivity index (χ4v) is 5.22. The molecule has 1 atom stereocenters. The molecule has 140 valence electrons. The summed E-state index contributed by atoms with van der Waals surface area (Å²) in [5.74, 6) is 0. The van der Waals surface area contributed by atoms with Gasteiger partial charge in [0, 0.05) is 45.3 Å². The first-order valence-electron chi connectivity index (χ1n) is 8.08. The third-order valence-corrected chi connectivity index (χ3v) is 6.94. The first-order chi connectivity index (χ1) is 13.5. The van der Waals surface area contributed by atoms with E-state index in [9.17, 15) is 14.3 Å². The molecule has 0 saturated heterocycles. The number of benzene rings is 2. The molecule has 0 bridgehead atoms. The van der Waals surface area contributed by atoms with Gasteiger partial charge in [0.05, 0.1) is 31.2 Å². The standard InChI is InChI=1S/C19H12ClN3O3S2/c1-28(26)16-10-21-13-7-3-2-5-11(13)19(16)27-15-9-22-18-12(17(15)20)6-4-8-14(18)23(24)25/h2-10H,1H3.